The Balaban J connectivity index is 1.70. The molecule has 0 bridgehead atoms. The molecule has 0 aliphatic heterocycles. The van der Waals surface area contributed by atoms with Gasteiger partial charge in [-0.15, -0.1) is 0 Å². The number of aromatic nitrogens is 1. The molecule has 0 saturated carbocycles. The van der Waals surface area contributed by atoms with Crippen molar-refractivity contribution in [2.75, 3.05) is 0 Å². The maximum absolute atomic E-state index is 12.3. The molecule has 1 heterocycles. The molecule has 0 aliphatic carbocycles. The number of rotatable bonds is 6. The maximum atomic E-state index is 12.3. The fraction of sp³-hybridized carbons (Fsp3) is 0.0455. The molecule has 132 valence electrons. The van der Waals surface area contributed by atoms with Crippen LogP contribution in [0, 0.1) is 11.3 Å². The largest absolute Gasteiger partial charge is 0.457 e. The first-order valence-electron chi connectivity index (χ1n) is 8.36. The van der Waals surface area contributed by atoms with Crippen LogP contribution in [-0.2, 0) is 11.3 Å². The van der Waals surface area contributed by atoms with Crippen LogP contribution in [0.3, 0.4) is 0 Å². The Morgan fingerprint density at radius 3 is 2.63 bits per heavy atom. The summed E-state index contributed by atoms with van der Waals surface area (Å²) in [6, 6.07) is 22.2. The van der Waals surface area contributed by atoms with Gasteiger partial charge in [-0.1, -0.05) is 36.4 Å². The number of nitrogens with zero attached hydrogens (tertiary/aromatic N) is 2. The zero-order valence-corrected chi connectivity index (χ0v) is 14.5. The van der Waals surface area contributed by atoms with E-state index in [4.69, 9.17) is 4.74 Å². The lowest BCUT2D eigenvalue weighted by molar-refractivity contribution is -0.117. The number of carbonyl (C=O) groups is 1. The molecule has 0 spiro atoms. The van der Waals surface area contributed by atoms with Crippen LogP contribution >= 0.6 is 0 Å². The third kappa shape index (κ3) is 5.28. The van der Waals surface area contributed by atoms with Crippen molar-refractivity contribution in [2.24, 2.45) is 0 Å². The lowest BCUT2D eigenvalue weighted by atomic mass is 10.1. The van der Waals surface area contributed by atoms with Crippen LogP contribution in [0.1, 0.15) is 11.1 Å². The van der Waals surface area contributed by atoms with E-state index in [-0.39, 0.29) is 5.57 Å². The molecule has 3 aromatic rings. The summed E-state index contributed by atoms with van der Waals surface area (Å²) in [4.78, 5) is 16.3. The number of hydrogen-bond acceptors (Lipinski definition) is 4. The lowest BCUT2D eigenvalue weighted by Gasteiger charge is -2.07. The molecule has 27 heavy (non-hydrogen) atoms. The maximum Gasteiger partial charge on any atom is 0.262 e. The summed E-state index contributed by atoms with van der Waals surface area (Å²) in [6.45, 7) is 0.308. The van der Waals surface area contributed by atoms with Crippen LogP contribution in [0.5, 0.6) is 11.5 Å². The van der Waals surface area contributed by atoms with Gasteiger partial charge in [0.25, 0.3) is 5.91 Å². The minimum absolute atomic E-state index is 0.0238. The molecule has 1 N–H and O–H groups in total. The van der Waals surface area contributed by atoms with Gasteiger partial charge in [-0.3, -0.25) is 9.78 Å². The number of benzene rings is 2. The number of para-hydroxylation sites is 1. The molecule has 0 radical (unpaired) electrons. The number of ether oxygens (including phenoxy) is 1. The van der Waals surface area contributed by atoms with Gasteiger partial charge in [0, 0.05) is 18.9 Å². The Morgan fingerprint density at radius 2 is 1.89 bits per heavy atom. The van der Waals surface area contributed by atoms with Crippen LogP contribution in [0.15, 0.2) is 84.7 Å². The van der Waals surface area contributed by atoms with Crippen molar-refractivity contribution >= 4 is 12.0 Å². The molecular formula is C22H17N3O2. The average molecular weight is 355 g/mol. The fourth-order valence-corrected chi connectivity index (χ4v) is 2.39. The van der Waals surface area contributed by atoms with Gasteiger partial charge < -0.3 is 10.1 Å². The molecule has 3 rings (SSSR count). The molecule has 5 heteroatoms. The summed E-state index contributed by atoms with van der Waals surface area (Å²) < 4.78 is 5.78. The quantitative estimate of drug-likeness (QED) is 0.534. The fourth-order valence-electron chi connectivity index (χ4n) is 2.39. The van der Waals surface area contributed by atoms with Crippen molar-refractivity contribution in [3.05, 3.63) is 95.8 Å². The second kappa shape index (κ2) is 8.97. The molecule has 0 atom stereocenters. The van der Waals surface area contributed by atoms with Crippen LogP contribution in [-0.4, -0.2) is 10.9 Å². The average Bonchev–Trinajstić information content (AvgIpc) is 2.72. The zero-order chi connectivity index (χ0) is 18.9. The first-order valence-corrected chi connectivity index (χ1v) is 8.36. The first kappa shape index (κ1) is 17.9. The number of amides is 1. The van der Waals surface area contributed by atoms with E-state index in [0.717, 1.165) is 5.56 Å². The first-order chi connectivity index (χ1) is 13.2. The second-order valence-corrected chi connectivity index (χ2v) is 5.70. The topological polar surface area (TPSA) is 75.0 Å². The molecule has 1 aromatic heterocycles. The van der Waals surface area contributed by atoms with E-state index < -0.39 is 5.91 Å². The van der Waals surface area contributed by atoms with E-state index in [9.17, 15) is 10.1 Å². The lowest BCUT2D eigenvalue weighted by Crippen LogP contribution is -2.23. The molecule has 0 unspecified atom stereocenters. The zero-order valence-electron chi connectivity index (χ0n) is 14.5. The summed E-state index contributed by atoms with van der Waals surface area (Å²) in [6.07, 6.45) is 4.87. The van der Waals surface area contributed by atoms with Crippen molar-refractivity contribution < 1.29 is 9.53 Å². The highest BCUT2D eigenvalue weighted by Gasteiger charge is 2.09. The summed E-state index contributed by atoms with van der Waals surface area (Å²) in [5.41, 5.74) is 1.59. The van der Waals surface area contributed by atoms with E-state index in [1.54, 1.807) is 24.5 Å². The Hall–Kier alpha value is -3.91. The van der Waals surface area contributed by atoms with Gasteiger partial charge in [0.2, 0.25) is 0 Å². The number of hydrogen-bond donors (Lipinski definition) is 1. The normalized spacial score (nSPS) is 10.7. The van der Waals surface area contributed by atoms with Crippen LogP contribution in [0.2, 0.25) is 0 Å². The highest BCUT2D eigenvalue weighted by Crippen LogP contribution is 2.22. The van der Waals surface area contributed by atoms with Gasteiger partial charge in [-0.2, -0.15) is 5.26 Å². The van der Waals surface area contributed by atoms with Crippen molar-refractivity contribution in [3.8, 4) is 17.6 Å². The van der Waals surface area contributed by atoms with Crippen molar-refractivity contribution in [3.63, 3.8) is 0 Å². The Kier molecular flexibility index (Phi) is 5.95. The molecule has 1 amide bonds. The Morgan fingerprint density at radius 1 is 1.07 bits per heavy atom. The molecule has 0 fully saturated rings. The molecule has 0 saturated heterocycles. The van der Waals surface area contributed by atoms with E-state index in [0.29, 0.717) is 23.6 Å². The second-order valence-electron chi connectivity index (χ2n) is 5.70. The van der Waals surface area contributed by atoms with E-state index >= 15 is 0 Å². The van der Waals surface area contributed by atoms with Crippen LogP contribution in [0.25, 0.3) is 6.08 Å². The predicted molar refractivity (Wildman–Crippen MR) is 103 cm³/mol. The number of pyridine rings is 1. The highest BCUT2D eigenvalue weighted by atomic mass is 16.5. The van der Waals surface area contributed by atoms with Gasteiger partial charge in [0.1, 0.15) is 23.1 Å². The van der Waals surface area contributed by atoms with Gasteiger partial charge in [0.05, 0.1) is 0 Å². The third-order valence-electron chi connectivity index (χ3n) is 3.69. The van der Waals surface area contributed by atoms with Gasteiger partial charge in [-0.25, -0.2) is 0 Å². The summed E-state index contributed by atoms with van der Waals surface area (Å²) in [7, 11) is 0. The number of carbonyl (C=O) groups excluding carboxylic acids is 1. The Bertz CT molecular complexity index is 977. The van der Waals surface area contributed by atoms with E-state index in [2.05, 4.69) is 10.3 Å². The molecule has 5 nitrogen and oxygen atoms in total. The number of nitrogens with one attached hydrogen (secondary N) is 1. The summed E-state index contributed by atoms with van der Waals surface area (Å²) in [5, 5.41) is 12.1. The minimum Gasteiger partial charge on any atom is -0.457 e. The minimum atomic E-state index is -0.435. The number of nitriles is 1. The molecule has 0 aliphatic rings. The van der Waals surface area contributed by atoms with Gasteiger partial charge >= 0.3 is 0 Å². The predicted octanol–water partition coefficient (Wildman–Crippen LogP) is 4.10. The van der Waals surface area contributed by atoms with Crippen molar-refractivity contribution in [1.82, 2.24) is 10.3 Å². The monoisotopic (exact) mass is 355 g/mol. The summed E-state index contributed by atoms with van der Waals surface area (Å²) >= 11 is 0. The highest BCUT2D eigenvalue weighted by molar-refractivity contribution is 6.01. The Labute approximate surface area is 157 Å². The van der Waals surface area contributed by atoms with Gasteiger partial charge in [-0.05, 0) is 47.5 Å². The standard InChI is InChI=1S/C22H17N3O2/c23-14-19(22(26)25-16-18-7-5-11-24-15-18)12-17-6-4-10-21(13-17)27-20-8-2-1-3-9-20/h1-13,15H,16H2,(H,25,26). The third-order valence-corrected chi connectivity index (χ3v) is 3.69. The van der Waals surface area contributed by atoms with Crippen LogP contribution in [0.4, 0.5) is 0 Å². The van der Waals surface area contributed by atoms with Crippen LogP contribution < -0.4 is 10.1 Å². The van der Waals surface area contributed by atoms with E-state index in [1.807, 2.05) is 60.7 Å². The van der Waals surface area contributed by atoms with Gasteiger partial charge in [0.15, 0.2) is 0 Å². The SMILES string of the molecule is N#CC(=Cc1cccc(Oc2ccccc2)c1)C(=O)NCc1cccnc1. The molecular weight excluding hydrogens is 338 g/mol. The van der Waals surface area contributed by atoms with E-state index in [1.165, 1.54) is 6.08 Å². The smallest absolute Gasteiger partial charge is 0.262 e. The van der Waals surface area contributed by atoms with Crippen molar-refractivity contribution in [1.29, 1.82) is 5.26 Å². The van der Waals surface area contributed by atoms with Crippen molar-refractivity contribution in [2.45, 2.75) is 6.54 Å². The summed E-state index contributed by atoms with van der Waals surface area (Å²) in [5.74, 6) is 0.909. The molecule has 2 aromatic carbocycles.